The first-order valence-corrected chi connectivity index (χ1v) is 6.79. The molecule has 1 aromatic carbocycles. The molecule has 114 valence electrons. The monoisotopic (exact) mass is 297 g/mol. The third kappa shape index (κ3) is 3.85. The molecule has 0 aliphatic heterocycles. The molecule has 0 amide bonds. The second-order valence-corrected chi connectivity index (χ2v) is 4.87. The molecule has 2 rings (SSSR count). The number of rotatable bonds is 5. The van der Waals surface area contributed by atoms with Crippen molar-refractivity contribution in [2.75, 3.05) is 7.05 Å². The number of halogens is 3. The van der Waals surface area contributed by atoms with Gasteiger partial charge in [-0.25, -0.2) is 0 Å². The Bertz CT molecular complexity index is 590. The van der Waals surface area contributed by atoms with Gasteiger partial charge in [0.05, 0.1) is 11.8 Å². The summed E-state index contributed by atoms with van der Waals surface area (Å²) in [7, 11) is 1.75. The zero-order valence-corrected chi connectivity index (χ0v) is 12.0. The molecule has 0 aliphatic carbocycles. The summed E-state index contributed by atoms with van der Waals surface area (Å²) in [6.45, 7) is 2.76. The van der Waals surface area contributed by atoms with Crippen LogP contribution in [-0.2, 0) is 19.1 Å². The van der Waals surface area contributed by atoms with E-state index >= 15 is 0 Å². The zero-order chi connectivity index (χ0) is 15.5. The smallest absolute Gasteiger partial charge is 0.313 e. The van der Waals surface area contributed by atoms with E-state index in [1.54, 1.807) is 24.0 Å². The Morgan fingerprint density at radius 3 is 2.67 bits per heavy atom. The molecule has 0 bridgehead atoms. The fraction of sp³-hybridized carbons (Fsp3) is 0.400. The summed E-state index contributed by atoms with van der Waals surface area (Å²) in [6.07, 6.45) is -0.0569. The number of alkyl halides is 3. The van der Waals surface area contributed by atoms with Gasteiger partial charge in [-0.3, -0.25) is 4.68 Å². The van der Waals surface area contributed by atoms with Crippen LogP contribution in [0.1, 0.15) is 29.7 Å². The quantitative estimate of drug-likeness (QED) is 0.916. The van der Waals surface area contributed by atoms with Crippen LogP contribution in [0.25, 0.3) is 0 Å². The van der Waals surface area contributed by atoms with Crippen LogP contribution in [0.5, 0.6) is 0 Å². The van der Waals surface area contributed by atoms with Crippen LogP contribution in [0.4, 0.5) is 13.2 Å². The van der Waals surface area contributed by atoms with Gasteiger partial charge in [-0.1, -0.05) is 12.1 Å². The molecule has 21 heavy (non-hydrogen) atoms. The van der Waals surface area contributed by atoms with Gasteiger partial charge in [0.2, 0.25) is 0 Å². The summed E-state index contributed by atoms with van der Waals surface area (Å²) >= 11 is 0. The molecule has 0 saturated heterocycles. The molecule has 0 fully saturated rings. The van der Waals surface area contributed by atoms with Gasteiger partial charge in [0.1, 0.15) is 0 Å². The van der Waals surface area contributed by atoms with Crippen molar-refractivity contribution in [1.82, 2.24) is 15.1 Å². The highest BCUT2D eigenvalue weighted by molar-refractivity contribution is 5.29. The fourth-order valence-electron chi connectivity index (χ4n) is 2.24. The molecule has 1 unspecified atom stereocenters. The van der Waals surface area contributed by atoms with Crippen molar-refractivity contribution >= 4 is 0 Å². The van der Waals surface area contributed by atoms with E-state index in [0.717, 1.165) is 18.2 Å². The summed E-state index contributed by atoms with van der Waals surface area (Å²) in [5.41, 5.74) is 0.995. The van der Waals surface area contributed by atoms with Crippen LogP contribution in [0, 0.1) is 0 Å². The minimum Gasteiger partial charge on any atom is -0.313 e. The molecular formula is C15H18F3N3. The van der Waals surface area contributed by atoms with E-state index in [0.29, 0.717) is 12.0 Å². The molecule has 0 radical (unpaired) electrons. The average Bonchev–Trinajstić information content (AvgIpc) is 2.91. The van der Waals surface area contributed by atoms with Crippen molar-refractivity contribution in [3.8, 4) is 0 Å². The van der Waals surface area contributed by atoms with E-state index in [2.05, 4.69) is 10.4 Å². The fourth-order valence-corrected chi connectivity index (χ4v) is 2.24. The van der Waals surface area contributed by atoms with Crippen LogP contribution >= 0.6 is 0 Å². The third-order valence-electron chi connectivity index (χ3n) is 3.42. The lowest BCUT2D eigenvalue weighted by atomic mass is 9.99. The summed E-state index contributed by atoms with van der Waals surface area (Å²) in [6, 6.07) is 5.26. The molecule has 6 heteroatoms. The van der Waals surface area contributed by atoms with E-state index in [1.165, 1.54) is 12.1 Å². The minimum atomic E-state index is -4.32. The molecule has 1 atom stereocenters. The topological polar surface area (TPSA) is 29.9 Å². The van der Waals surface area contributed by atoms with Crippen molar-refractivity contribution < 1.29 is 13.2 Å². The third-order valence-corrected chi connectivity index (χ3v) is 3.42. The molecule has 1 N–H and O–H groups in total. The molecular weight excluding hydrogens is 279 g/mol. The van der Waals surface area contributed by atoms with Crippen molar-refractivity contribution in [2.45, 2.75) is 32.1 Å². The predicted molar refractivity (Wildman–Crippen MR) is 74.8 cm³/mol. The Morgan fingerprint density at radius 2 is 2.10 bits per heavy atom. The minimum absolute atomic E-state index is 0.179. The predicted octanol–water partition coefficient (Wildman–Crippen LogP) is 3.43. The van der Waals surface area contributed by atoms with Crippen LogP contribution < -0.4 is 5.32 Å². The highest BCUT2D eigenvalue weighted by atomic mass is 19.4. The maximum atomic E-state index is 12.8. The van der Waals surface area contributed by atoms with Gasteiger partial charge in [0, 0.05) is 18.8 Å². The van der Waals surface area contributed by atoms with Crippen molar-refractivity contribution in [1.29, 1.82) is 0 Å². The van der Waals surface area contributed by atoms with Crippen LogP contribution in [0.2, 0.25) is 0 Å². The second-order valence-electron chi connectivity index (χ2n) is 4.87. The van der Waals surface area contributed by atoms with E-state index < -0.39 is 11.7 Å². The van der Waals surface area contributed by atoms with E-state index in [9.17, 15) is 13.2 Å². The Hall–Kier alpha value is -1.82. The van der Waals surface area contributed by atoms with Crippen LogP contribution in [0.3, 0.4) is 0 Å². The number of hydrogen-bond donors (Lipinski definition) is 1. The van der Waals surface area contributed by atoms with E-state index in [4.69, 9.17) is 0 Å². The lowest BCUT2D eigenvalue weighted by molar-refractivity contribution is -0.137. The maximum absolute atomic E-state index is 12.8. The number of likely N-dealkylation sites (N-methyl/N-ethyl adjacent to an activating group) is 1. The highest BCUT2D eigenvalue weighted by Crippen LogP contribution is 2.31. The molecule has 2 aromatic rings. The Morgan fingerprint density at radius 1 is 1.33 bits per heavy atom. The lowest BCUT2D eigenvalue weighted by Gasteiger charge is -2.17. The van der Waals surface area contributed by atoms with Gasteiger partial charge >= 0.3 is 6.18 Å². The Balaban J connectivity index is 2.21. The van der Waals surface area contributed by atoms with Crippen molar-refractivity contribution in [2.24, 2.45) is 0 Å². The summed E-state index contributed by atoms with van der Waals surface area (Å²) in [5, 5.41) is 7.25. The molecule has 3 nitrogen and oxygen atoms in total. The number of nitrogens with one attached hydrogen (secondary N) is 1. The van der Waals surface area contributed by atoms with Gasteiger partial charge in [-0.2, -0.15) is 18.3 Å². The van der Waals surface area contributed by atoms with Gasteiger partial charge < -0.3 is 5.32 Å². The zero-order valence-electron chi connectivity index (χ0n) is 12.0. The molecule has 0 saturated carbocycles. The number of benzene rings is 1. The van der Waals surface area contributed by atoms with Crippen LogP contribution in [-0.4, -0.2) is 16.8 Å². The highest BCUT2D eigenvalue weighted by Gasteiger charge is 2.30. The van der Waals surface area contributed by atoms with E-state index in [-0.39, 0.29) is 6.04 Å². The van der Waals surface area contributed by atoms with Crippen molar-refractivity contribution in [3.63, 3.8) is 0 Å². The van der Waals surface area contributed by atoms with E-state index in [1.807, 2.05) is 13.1 Å². The normalized spacial score (nSPS) is 13.4. The molecule has 0 aliphatic rings. The molecule has 1 heterocycles. The number of aromatic nitrogens is 2. The van der Waals surface area contributed by atoms with Crippen LogP contribution in [0.15, 0.2) is 36.7 Å². The first-order chi connectivity index (χ1) is 9.94. The number of aryl methyl sites for hydroxylation is 1. The second kappa shape index (κ2) is 6.30. The summed E-state index contributed by atoms with van der Waals surface area (Å²) in [4.78, 5) is 0. The maximum Gasteiger partial charge on any atom is 0.416 e. The van der Waals surface area contributed by atoms with Gasteiger partial charge in [-0.15, -0.1) is 0 Å². The van der Waals surface area contributed by atoms with Crippen molar-refractivity contribution in [3.05, 3.63) is 53.3 Å². The summed E-state index contributed by atoms with van der Waals surface area (Å²) in [5.74, 6) is 0. The first-order valence-electron chi connectivity index (χ1n) is 6.79. The number of nitrogens with zero attached hydrogens (tertiary/aromatic N) is 2. The first kappa shape index (κ1) is 15.6. The molecule has 1 aromatic heterocycles. The summed E-state index contributed by atoms with van der Waals surface area (Å²) < 4.78 is 40.1. The standard InChI is InChI=1S/C15H18F3N3/c1-3-21-10-11(9-20-21)7-14(19-2)12-5-4-6-13(8-12)15(16,17)18/h4-6,8-10,14,19H,3,7H2,1-2H3. The van der Waals surface area contributed by atoms with Gasteiger partial charge in [-0.05, 0) is 43.7 Å². The Kier molecular flexibility index (Phi) is 4.67. The largest absolute Gasteiger partial charge is 0.416 e. The van der Waals surface area contributed by atoms with Gasteiger partial charge in [0.25, 0.3) is 0 Å². The Labute approximate surface area is 121 Å². The number of hydrogen-bond acceptors (Lipinski definition) is 2. The van der Waals surface area contributed by atoms with Gasteiger partial charge in [0.15, 0.2) is 0 Å². The lowest BCUT2D eigenvalue weighted by Crippen LogP contribution is -2.19. The SMILES string of the molecule is CCn1cc(CC(NC)c2cccc(C(F)(F)F)c2)cn1. The average molecular weight is 297 g/mol. The molecule has 0 spiro atoms.